The number of hydrogen-bond acceptors (Lipinski definition) is 3. The molecule has 0 spiro atoms. The Morgan fingerprint density at radius 2 is 1.83 bits per heavy atom. The Labute approximate surface area is 177 Å². The highest BCUT2D eigenvalue weighted by molar-refractivity contribution is 9.11. The van der Waals surface area contributed by atoms with Crippen molar-refractivity contribution in [3.63, 3.8) is 0 Å². The van der Waals surface area contributed by atoms with Crippen LogP contribution in [0.2, 0.25) is 0 Å². The van der Waals surface area contributed by atoms with Gasteiger partial charge in [0.15, 0.2) is 11.3 Å². The lowest BCUT2D eigenvalue weighted by Gasteiger charge is -2.27. The first kappa shape index (κ1) is 22.1. The van der Waals surface area contributed by atoms with Gasteiger partial charge in [-0.15, -0.1) is 0 Å². The van der Waals surface area contributed by atoms with Crippen LogP contribution in [0.3, 0.4) is 0 Å². The van der Waals surface area contributed by atoms with E-state index in [4.69, 9.17) is 51.8 Å². The maximum atomic E-state index is 11.6. The number of ether oxygens (including phenoxy) is 1. The number of aryl methyl sites for hydroxylation is 1. The molecule has 5 nitrogen and oxygen atoms in total. The van der Waals surface area contributed by atoms with Gasteiger partial charge >= 0.3 is 6.09 Å². The number of alkyl carbamates (subject to hydrolysis) is 1. The van der Waals surface area contributed by atoms with Gasteiger partial charge < -0.3 is 15.4 Å². The molecule has 3 N–H and O–H groups in total. The number of anilines is 1. The highest BCUT2D eigenvalue weighted by atomic mass is 79.9. The standard InChI is InChI=1S/C13H14Br2Cl3N3O2S/c1-3-23-12(22)21-10(13(16,17)18)20-11(24)19-9-7(14)4-6(2)5-8(9)15/h4-5,10H,3H2,1-2H3,(H,21,22)(H2,19,20,24). The Kier molecular flexibility index (Phi) is 8.85. The van der Waals surface area contributed by atoms with Gasteiger partial charge in [0, 0.05) is 8.95 Å². The second-order valence-electron chi connectivity index (χ2n) is 4.54. The van der Waals surface area contributed by atoms with Gasteiger partial charge in [0.2, 0.25) is 3.79 Å². The zero-order valence-electron chi connectivity index (χ0n) is 12.6. The van der Waals surface area contributed by atoms with Crippen LogP contribution in [-0.2, 0) is 4.74 Å². The van der Waals surface area contributed by atoms with Crippen molar-refractivity contribution in [3.8, 4) is 0 Å². The lowest BCUT2D eigenvalue weighted by atomic mass is 10.2. The number of hydrogen-bond donors (Lipinski definition) is 3. The summed E-state index contributed by atoms with van der Waals surface area (Å²) >= 11 is 29.7. The van der Waals surface area contributed by atoms with Gasteiger partial charge in [0.1, 0.15) is 0 Å². The molecule has 0 aliphatic heterocycles. The third-order valence-corrected chi connectivity index (χ3v) is 4.69. The van der Waals surface area contributed by atoms with Crippen LogP contribution in [0.15, 0.2) is 21.1 Å². The number of thiocarbonyl (C=S) groups is 1. The molecule has 1 rings (SSSR count). The second-order valence-corrected chi connectivity index (χ2v) is 9.03. The van der Waals surface area contributed by atoms with Crippen molar-refractivity contribution in [2.24, 2.45) is 0 Å². The number of alkyl halides is 3. The van der Waals surface area contributed by atoms with Gasteiger partial charge in [-0.25, -0.2) is 4.79 Å². The molecule has 11 heteroatoms. The number of benzene rings is 1. The SMILES string of the molecule is CCOC(=O)NC(NC(=S)Nc1c(Br)cc(C)cc1Br)C(Cl)(Cl)Cl. The van der Waals surface area contributed by atoms with Crippen molar-refractivity contribution < 1.29 is 9.53 Å². The summed E-state index contributed by atoms with van der Waals surface area (Å²) in [6.45, 7) is 3.80. The highest BCUT2D eigenvalue weighted by Crippen LogP contribution is 2.33. The zero-order chi connectivity index (χ0) is 18.5. The predicted molar refractivity (Wildman–Crippen MR) is 110 cm³/mol. The van der Waals surface area contributed by atoms with E-state index in [1.165, 1.54) is 0 Å². The molecule has 1 unspecified atom stereocenters. The molecule has 1 aromatic rings. The first-order valence-corrected chi connectivity index (χ1v) is 9.70. The van der Waals surface area contributed by atoms with E-state index < -0.39 is 16.1 Å². The summed E-state index contributed by atoms with van der Waals surface area (Å²) in [5.41, 5.74) is 1.75. The van der Waals surface area contributed by atoms with E-state index in [0.717, 1.165) is 14.5 Å². The molecular weight excluding hydrogens is 528 g/mol. The molecule has 134 valence electrons. The van der Waals surface area contributed by atoms with Crippen LogP contribution in [0, 0.1) is 6.92 Å². The lowest BCUT2D eigenvalue weighted by molar-refractivity contribution is 0.147. The van der Waals surface area contributed by atoms with Crippen LogP contribution < -0.4 is 16.0 Å². The topological polar surface area (TPSA) is 62.4 Å². The molecule has 0 bridgehead atoms. The molecule has 0 saturated heterocycles. The Morgan fingerprint density at radius 3 is 2.29 bits per heavy atom. The maximum Gasteiger partial charge on any atom is 0.408 e. The summed E-state index contributed by atoms with van der Waals surface area (Å²) < 4.78 is 4.51. The number of nitrogens with one attached hydrogen (secondary N) is 3. The fraction of sp³-hybridized carbons (Fsp3) is 0.385. The molecule has 0 aromatic heterocycles. The Hall–Kier alpha value is 0.0100. The summed E-state index contributed by atoms with van der Waals surface area (Å²) in [4.78, 5) is 11.6. The van der Waals surface area contributed by atoms with Gasteiger partial charge in [0.05, 0.1) is 12.3 Å². The third kappa shape index (κ3) is 7.09. The van der Waals surface area contributed by atoms with Crippen molar-refractivity contribution in [1.29, 1.82) is 0 Å². The minimum absolute atomic E-state index is 0.147. The fourth-order valence-corrected chi connectivity index (χ4v) is 3.75. The molecule has 0 aliphatic rings. The molecule has 0 aliphatic carbocycles. The number of carbonyl (C=O) groups excluding carboxylic acids is 1. The van der Waals surface area contributed by atoms with E-state index in [2.05, 4.69) is 47.8 Å². The first-order chi connectivity index (χ1) is 11.0. The molecule has 1 amide bonds. The third-order valence-electron chi connectivity index (χ3n) is 2.57. The average molecular weight is 543 g/mol. The van der Waals surface area contributed by atoms with Crippen molar-refractivity contribution in [3.05, 3.63) is 26.6 Å². The van der Waals surface area contributed by atoms with Gasteiger partial charge in [0.25, 0.3) is 0 Å². The van der Waals surface area contributed by atoms with Crippen LogP contribution in [0.1, 0.15) is 12.5 Å². The van der Waals surface area contributed by atoms with Gasteiger partial charge in [-0.1, -0.05) is 34.8 Å². The Balaban J connectivity index is 2.84. The number of carbonyl (C=O) groups is 1. The van der Waals surface area contributed by atoms with E-state index in [9.17, 15) is 4.79 Å². The van der Waals surface area contributed by atoms with Gasteiger partial charge in [-0.3, -0.25) is 5.32 Å². The van der Waals surface area contributed by atoms with Crippen LogP contribution in [0.5, 0.6) is 0 Å². The molecule has 24 heavy (non-hydrogen) atoms. The fourth-order valence-electron chi connectivity index (χ4n) is 1.59. The molecular formula is C13H14Br2Cl3N3O2S. The summed E-state index contributed by atoms with van der Waals surface area (Å²) in [7, 11) is 0. The largest absolute Gasteiger partial charge is 0.450 e. The second kappa shape index (κ2) is 9.64. The van der Waals surface area contributed by atoms with E-state index in [0.29, 0.717) is 5.69 Å². The number of amides is 1. The summed E-state index contributed by atoms with van der Waals surface area (Å²) in [6.07, 6.45) is -1.83. The van der Waals surface area contributed by atoms with E-state index in [1.54, 1.807) is 6.92 Å². The minimum atomic E-state index is -1.85. The Morgan fingerprint density at radius 1 is 1.29 bits per heavy atom. The van der Waals surface area contributed by atoms with Crippen LogP contribution in [0.4, 0.5) is 10.5 Å². The molecule has 1 aromatic carbocycles. The van der Waals surface area contributed by atoms with Gasteiger partial charge in [-0.2, -0.15) is 0 Å². The normalized spacial score (nSPS) is 12.3. The zero-order valence-corrected chi connectivity index (χ0v) is 18.8. The van der Waals surface area contributed by atoms with Crippen LogP contribution >= 0.6 is 78.9 Å². The predicted octanol–water partition coefficient (Wildman–Crippen LogP) is 5.25. The molecule has 0 saturated carbocycles. The monoisotopic (exact) mass is 539 g/mol. The molecule has 0 heterocycles. The Bertz CT molecular complexity index is 606. The number of rotatable bonds is 4. The summed E-state index contributed by atoms with van der Waals surface area (Å²) in [6, 6.07) is 3.83. The van der Waals surface area contributed by atoms with E-state index >= 15 is 0 Å². The van der Waals surface area contributed by atoms with Crippen LogP contribution in [0.25, 0.3) is 0 Å². The summed E-state index contributed by atoms with van der Waals surface area (Å²) in [5, 5.41) is 8.25. The quantitative estimate of drug-likeness (QED) is 0.276. The molecule has 0 fully saturated rings. The van der Waals surface area contributed by atoms with E-state index in [1.807, 2.05) is 19.1 Å². The first-order valence-electron chi connectivity index (χ1n) is 6.57. The smallest absolute Gasteiger partial charge is 0.408 e. The van der Waals surface area contributed by atoms with E-state index in [-0.39, 0.29) is 11.7 Å². The maximum absolute atomic E-state index is 11.6. The van der Waals surface area contributed by atoms with Crippen molar-refractivity contribution in [2.75, 3.05) is 11.9 Å². The molecule has 0 radical (unpaired) electrons. The van der Waals surface area contributed by atoms with Crippen LogP contribution in [-0.4, -0.2) is 27.8 Å². The minimum Gasteiger partial charge on any atom is -0.450 e. The van der Waals surface area contributed by atoms with Crippen molar-refractivity contribution in [1.82, 2.24) is 10.6 Å². The van der Waals surface area contributed by atoms with Gasteiger partial charge in [-0.05, 0) is 75.6 Å². The lowest BCUT2D eigenvalue weighted by Crippen LogP contribution is -2.56. The van der Waals surface area contributed by atoms with Crippen molar-refractivity contribution in [2.45, 2.75) is 23.8 Å². The average Bonchev–Trinajstić information content (AvgIpc) is 2.41. The summed E-state index contributed by atoms with van der Waals surface area (Å²) in [5.74, 6) is 0. The number of halogens is 5. The highest BCUT2D eigenvalue weighted by Gasteiger charge is 2.35. The van der Waals surface area contributed by atoms with Crippen molar-refractivity contribution >= 4 is 95.8 Å². The molecule has 1 atom stereocenters.